The Morgan fingerprint density at radius 1 is 0.818 bits per heavy atom. The molecular formula is C20H18N2. The first kappa shape index (κ1) is 13.1. The summed E-state index contributed by atoms with van der Waals surface area (Å²) in [5.74, 6) is 0. The zero-order chi connectivity index (χ0) is 15.2. The fourth-order valence-corrected chi connectivity index (χ4v) is 3.31. The minimum absolute atomic E-state index is 0.000176. The van der Waals surface area contributed by atoms with Gasteiger partial charge in [-0.2, -0.15) is 0 Å². The van der Waals surface area contributed by atoms with Crippen LogP contribution in [0.3, 0.4) is 0 Å². The maximum atomic E-state index is 4.45. The van der Waals surface area contributed by atoms with Crippen LogP contribution < -0.4 is 5.32 Å². The number of anilines is 2. The number of nitrogens with one attached hydrogen (secondary N) is 1. The molecule has 0 aliphatic carbocycles. The van der Waals surface area contributed by atoms with E-state index in [1.54, 1.807) is 0 Å². The van der Waals surface area contributed by atoms with E-state index >= 15 is 0 Å². The number of para-hydroxylation sites is 1. The molecule has 1 aliphatic heterocycles. The molecule has 2 heteroatoms. The Hall–Kier alpha value is -2.61. The number of hydrogen-bond acceptors (Lipinski definition) is 2. The lowest BCUT2D eigenvalue weighted by molar-refractivity contribution is 0.638. The van der Waals surface area contributed by atoms with Crippen LogP contribution in [0.1, 0.15) is 25.0 Å². The highest BCUT2D eigenvalue weighted by Gasteiger charge is 2.32. The van der Waals surface area contributed by atoms with Crippen molar-refractivity contribution in [2.75, 3.05) is 5.32 Å². The molecule has 0 atom stereocenters. The Labute approximate surface area is 130 Å². The molecule has 0 saturated heterocycles. The predicted octanol–water partition coefficient (Wildman–Crippen LogP) is 5.13. The van der Waals surface area contributed by atoms with Gasteiger partial charge in [0, 0.05) is 28.6 Å². The Morgan fingerprint density at radius 3 is 2.41 bits per heavy atom. The second-order valence-electron chi connectivity index (χ2n) is 6.27. The quantitative estimate of drug-likeness (QED) is 0.670. The molecule has 0 amide bonds. The SMILES string of the molecule is CC1(C)c2ccccc2Nc2cc(-c3ccccn3)ccc21. The predicted molar refractivity (Wildman–Crippen MR) is 91.5 cm³/mol. The fraction of sp³-hybridized carbons (Fsp3) is 0.150. The van der Waals surface area contributed by atoms with Crippen molar-refractivity contribution < 1.29 is 0 Å². The lowest BCUT2D eigenvalue weighted by atomic mass is 9.74. The van der Waals surface area contributed by atoms with Crippen LogP contribution in [-0.4, -0.2) is 4.98 Å². The van der Waals surface area contributed by atoms with Crippen molar-refractivity contribution in [2.24, 2.45) is 0 Å². The Kier molecular flexibility index (Phi) is 2.80. The Morgan fingerprint density at radius 2 is 1.59 bits per heavy atom. The zero-order valence-corrected chi connectivity index (χ0v) is 12.8. The molecule has 0 bridgehead atoms. The van der Waals surface area contributed by atoms with Crippen molar-refractivity contribution >= 4 is 11.4 Å². The third-order valence-corrected chi connectivity index (χ3v) is 4.52. The van der Waals surface area contributed by atoms with Gasteiger partial charge in [-0.15, -0.1) is 0 Å². The normalized spacial score (nSPS) is 14.6. The summed E-state index contributed by atoms with van der Waals surface area (Å²) in [6.45, 7) is 4.57. The van der Waals surface area contributed by atoms with Gasteiger partial charge in [0.2, 0.25) is 0 Å². The van der Waals surface area contributed by atoms with E-state index in [2.05, 4.69) is 66.6 Å². The number of nitrogens with zero attached hydrogens (tertiary/aromatic N) is 1. The molecule has 0 saturated carbocycles. The number of pyridine rings is 1. The highest BCUT2D eigenvalue weighted by Crippen LogP contribution is 2.45. The van der Waals surface area contributed by atoms with Gasteiger partial charge in [0.05, 0.1) is 5.69 Å². The number of hydrogen-bond donors (Lipinski definition) is 1. The van der Waals surface area contributed by atoms with E-state index in [-0.39, 0.29) is 5.41 Å². The summed E-state index contributed by atoms with van der Waals surface area (Å²) in [7, 11) is 0. The maximum Gasteiger partial charge on any atom is 0.0702 e. The van der Waals surface area contributed by atoms with E-state index in [0.717, 1.165) is 11.3 Å². The molecule has 108 valence electrons. The summed E-state index contributed by atoms with van der Waals surface area (Å²) in [5.41, 5.74) is 7.18. The summed E-state index contributed by atoms with van der Waals surface area (Å²) in [6.07, 6.45) is 1.83. The van der Waals surface area contributed by atoms with E-state index in [1.165, 1.54) is 22.5 Å². The van der Waals surface area contributed by atoms with Gasteiger partial charge in [-0.25, -0.2) is 0 Å². The van der Waals surface area contributed by atoms with Gasteiger partial charge in [0.1, 0.15) is 0 Å². The Bertz CT molecular complexity index is 835. The molecule has 3 aromatic rings. The van der Waals surface area contributed by atoms with Crippen LogP contribution in [0.25, 0.3) is 11.3 Å². The highest BCUT2D eigenvalue weighted by atomic mass is 14.9. The summed E-state index contributed by atoms with van der Waals surface area (Å²) < 4.78 is 0. The molecule has 2 heterocycles. The molecule has 1 N–H and O–H groups in total. The molecule has 2 nitrogen and oxygen atoms in total. The molecule has 0 unspecified atom stereocenters. The zero-order valence-electron chi connectivity index (χ0n) is 12.8. The third kappa shape index (κ3) is 1.92. The smallest absolute Gasteiger partial charge is 0.0702 e. The molecule has 1 aromatic heterocycles. The van der Waals surface area contributed by atoms with Gasteiger partial charge >= 0.3 is 0 Å². The van der Waals surface area contributed by atoms with Gasteiger partial charge in [-0.3, -0.25) is 4.98 Å². The minimum Gasteiger partial charge on any atom is -0.355 e. The first-order chi connectivity index (χ1) is 10.7. The van der Waals surface area contributed by atoms with E-state index in [4.69, 9.17) is 0 Å². The second-order valence-corrected chi connectivity index (χ2v) is 6.27. The van der Waals surface area contributed by atoms with Gasteiger partial charge < -0.3 is 5.32 Å². The van der Waals surface area contributed by atoms with Crippen LogP contribution in [0.5, 0.6) is 0 Å². The van der Waals surface area contributed by atoms with Crippen LogP contribution in [0.4, 0.5) is 11.4 Å². The van der Waals surface area contributed by atoms with Crippen molar-refractivity contribution in [1.82, 2.24) is 4.98 Å². The van der Waals surface area contributed by atoms with Crippen molar-refractivity contribution in [3.05, 3.63) is 78.0 Å². The van der Waals surface area contributed by atoms with Crippen molar-refractivity contribution in [3.8, 4) is 11.3 Å². The van der Waals surface area contributed by atoms with Crippen LogP contribution in [0.2, 0.25) is 0 Å². The summed E-state index contributed by atoms with van der Waals surface area (Å²) in [4.78, 5) is 4.45. The summed E-state index contributed by atoms with van der Waals surface area (Å²) in [6, 6.07) is 21.1. The van der Waals surface area contributed by atoms with Crippen LogP contribution >= 0.6 is 0 Å². The molecule has 0 radical (unpaired) electrons. The number of benzene rings is 2. The molecule has 0 fully saturated rings. The Balaban J connectivity index is 1.87. The average molecular weight is 286 g/mol. The topological polar surface area (TPSA) is 24.9 Å². The molecule has 1 aliphatic rings. The number of rotatable bonds is 1. The van der Waals surface area contributed by atoms with Crippen molar-refractivity contribution in [1.29, 1.82) is 0 Å². The van der Waals surface area contributed by atoms with Gasteiger partial charge in [0.15, 0.2) is 0 Å². The van der Waals surface area contributed by atoms with Gasteiger partial charge in [0.25, 0.3) is 0 Å². The molecule has 0 spiro atoms. The third-order valence-electron chi connectivity index (χ3n) is 4.52. The average Bonchev–Trinajstić information content (AvgIpc) is 2.55. The fourth-order valence-electron chi connectivity index (χ4n) is 3.31. The molecule has 22 heavy (non-hydrogen) atoms. The van der Waals surface area contributed by atoms with E-state index in [1.807, 2.05) is 24.4 Å². The lowest BCUT2D eigenvalue weighted by Crippen LogP contribution is -2.25. The van der Waals surface area contributed by atoms with Crippen LogP contribution in [0, 0.1) is 0 Å². The van der Waals surface area contributed by atoms with E-state index in [9.17, 15) is 0 Å². The van der Waals surface area contributed by atoms with Gasteiger partial charge in [-0.1, -0.05) is 50.2 Å². The van der Waals surface area contributed by atoms with Crippen LogP contribution in [-0.2, 0) is 5.41 Å². The molecule has 4 rings (SSSR count). The van der Waals surface area contributed by atoms with Gasteiger partial charge in [-0.05, 0) is 35.4 Å². The second kappa shape index (κ2) is 4.70. The standard InChI is InChI=1S/C20H18N2/c1-20(2)15-7-3-4-9-18(15)22-19-13-14(10-11-16(19)20)17-8-5-6-12-21-17/h3-13,22H,1-2H3. The van der Waals surface area contributed by atoms with Crippen molar-refractivity contribution in [3.63, 3.8) is 0 Å². The monoisotopic (exact) mass is 286 g/mol. The van der Waals surface area contributed by atoms with Crippen LogP contribution in [0.15, 0.2) is 66.9 Å². The maximum absolute atomic E-state index is 4.45. The van der Waals surface area contributed by atoms with Crippen molar-refractivity contribution in [2.45, 2.75) is 19.3 Å². The molecular weight excluding hydrogens is 268 g/mol. The summed E-state index contributed by atoms with van der Waals surface area (Å²) >= 11 is 0. The number of aromatic nitrogens is 1. The van der Waals surface area contributed by atoms with E-state index in [0.29, 0.717) is 0 Å². The first-order valence-electron chi connectivity index (χ1n) is 7.59. The van der Waals surface area contributed by atoms with E-state index < -0.39 is 0 Å². The minimum atomic E-state index is -0.000176. The summed E-state index contributed by atoms with van der Waals surface area (Å²) in [5, 5.41) is 3.58. The lowest BCUT2D eigenvalue weighted by Gasteiger charge is -2.35. The number of fused-ring (bicyclic) bond motifs is 2. The molecule has 2 aromatic carbocycles. The first-order valence-corrected chi connectivity index (χ1v) is 7.59. The largest absolute Gasteiger partial charge is 0.355 e. The highest BCUT2D eigenvalue weighted by molar-refractivity contribution is 5.79.